The van der Waals surface area contributed by atoms with E-state index in [1.807, 2.05) is 12.1 Å². The fourth-order valence-corrected chi connectivity index (χ4v) is 5.79. The normalized spacial score (nSPS) is 15.4. The van der Waals surface area contributed by atoms with Gasteiger partial charge in [-0.15, -0.1) is 11.8 Å². The molecule has 2 rings (SSSR count). The fraction of sp³-hybridized carbons (Fsp3) is 0.462. The summed E-state index contributed by atoms with van der Waals surface area (Å²) in [6.45, 7) is 8.18. The van der Waals surface area contributed by atoms with Gasteiger partial charge in [0.2, 0.25) is 0 Å². The summed E-state index contributed by atoms with van der Waals surface area (Å²) in [5, 5.41) is 0.816. The maximum absolute atomic E-state index is 13.0. The molecule has 0 N–H and O–H groups in total. The van der Waals surface area contributed by atoms with Crippen molar-refractivity contribution in [2.45, 2.75) is 68.9 Å². The number of thioether (sulfide) groups is 2. The average molecular weight is 443 g/mol. The molecule has 0 radical (unpaired) electrons. The van der Waals surface area contributed by atoms with Crippen molar-refractivity contribution in [2.75, 3.05) is 11.5 Å². The van der Waals surface area contributed by atoms with E-state index in [1.54, 1.807) is 42.1 Å². The topological polar surface area (TPSA) is 34.1 Å². The van der Waals surface area contributed by atoms with Crippen LogP contribution in [-0.2, 0) is 0 Å². The number of hydrogen-bond donors (Lipinski definition) is 0. The molecule has 1 aromatic rings. The molecular weight excluding hydrogens is 408 g/mol. The first-order valence-corrected chi connectivity index (χ1v) is 13.1. The highest BCUT2D eigenvalue weighted by atomic mass is 32.2. The zero-order valence-electron chi connectivity index (χ0n) is 18.3. The van der Waals surface area contributed by atoms with E-state index >= 15 is 0 Å². The molecule has 1 aromatic carbocycles. The molecule has 0 unspecified atom stereocenters. The van der Waals surface area contributed by atoms with Crippen molar-refractivity contribution in [1.82, 2.24) is 0 Å². The van der Waals surface area contributed by atoms with Crippen LogP contribution in [0.25, 0.3) is 0 Å². The number of benzene rings is 1. The maximum atomic E-state index is 13.0. The highest BCUT2D eigenvalue weighted by molar-refractivity contribution is 8.00. The molecule has 4 heteroatoms. The molecule has 0 saturated carbocycles. The summed E-state index contributed by atoms with van der Waals surface area (Å²) < 4.78 is 0. The van der Waals surface area contributed by atoms with Crippen molar-refractivity contribution in [2.24, 2.45) is 0 Å². The summed E-state index contributed by atoms with van der Waals surface area (Å²) in [5.41, 5.74) is 1.74. The number of ketones is 2. The van der Waals surface area contributed by atoms with E-state index in [0.29, 0.717) is 16.7 Å². The standard InChI is InChI=1S/C26H34O2S2/c1-4-7-10-14-20-19-23(27)22-15-13-16-24(25(22)26(20)28)30-18-12-9-8-11-17-29-21(5-2)6-3/h4,7,10,13-16,21H,1,5-6,8-9,11-12,17-19H2,2-3H3/b10-7-,20-14+. The van der Waals surface area contributed by atoms with Gasteiger partial charge < -0.3 is 0 Å². The maximum Gasteiger partial charge on any atom is 0.191 e. The van der Waals surface area contributed by atoms with Gasteiger partial charge in [-0.3, -0.25) is 9.59 Å². The second-order valence-electron chi connectivity index (χ2n) is 7.49. The number of unbranched alkanes of at least 4 members (excludes halogenated alkanes) is 3. The summed E-state index contributed by atoms with van der Waals surface area (Å²) in [4.78, 5) is 26.5. The molecule has 0 atom stereocenters. The Morgan fingerprint density at radius 1 is 1.03 bits per heavy atom. The minimum absolute atomic E-state index is 0.0140. The average Bonchev–Trinajstić information content (AvgIpc) is 2.76. The molecule has 0 bridgehead atoms. The number of allylic oxidation sites excluding steroid dienone is 5. The molecule has 0 aromatic heterocycles. The molecule has 0 fully saturated rings. The molecule has 0 spiro atoms. The molecule has 30 heavy (non-hydrogen) atoms. The monoisotopic (exact) mass is 442 g/mol. The third-order valence-corrected chi connectivity index (χ3v) is 8.11. The molecule has 0 saturated heterocycles. The van der Waals surface area contributed by atoms with Gasteiger partial charge in [0, 0.05) is 33.3 Å². The summed E-state index contributed by atoms with van der Waals surface area (Å²) in [5.74, 6) is 2.25. The van der Waals surface area contributed by atoms with Crippen molar-refractivity contribution in [3.05, 3.63) is 65.8 Å². The lowest BCUT2D eigenvalue weighted by atomic mass is 9.85. The zero-order chi connectivity index (χ0) is 21.8. The van der Waals surface area contributed by atoms with Gasteiger partial charge >= 0.3 is 0 Å². The predicted molar refractivity (Wildman–Crippen MR) is 133 cm³/mol. The number of hydrogen-bond acceptors (Lipinski definition) is 4. The molecule has 0 amide bonds. The van der Waals surface area contributed by atoms with Gasteiger partial charge in [-0.2, -0.15) is 11.8 Å². The van der Waals surface area contributed by atoms with Crippen molar-refractivity contribution < 1.29 is 9.59 Å². The summed E-state index contributed by atoms with van der Waals surface area (Å²) >= 11 is 3.82. The smallest absolute Gasteiger partial charge is 0.191 e. The van der Waals surface area contributed by atoms with Gasteiger partial charge in [-0.05, 0) is 43.3 Å². The van der Waals surface area contributed by atoms with Gasteiger partial charge in [-0.25, -0.2) is 0 Å². The van der Waals surface area contributed by atoms with Crippen LogP contribution in [0.5, 0.6) is 0 Å². The van der Waals surface area contributed by atoms with Crippen LogP contribution in [0.4, 0.5) is 0 Å². The molecule has 0 heterocycles. The first kappa shape index (κ1) is 24.7. The molecule has 0 aliphatic heterocycles. The SMILES string of the molecule is C=C/C=C\C=C1/CC(=O)c2cccc(SCCCCCCSC(CC)CC)c2C1=O. The van der Waals surface area contributed by atoms with E-state index in [1.165, 1.54) is 37.9 Å². The van der Waals surface area contributed by atoms with E-state index in [9.17, 15) is 9.59 Å². The Bertz CT molecular complexity index is 788. The highest BCUT2D eigenvalue weighted by Gasteiger charge is 2.29. The molecule has 162 valence electrons. The lowest BCUT2D eigenvalue weighted by Gasteiger charge is -2.19. The van der Waals surface area contributed by atoms with Crippen LogP contribution in [0.15, 0.2) is 59.6 Å². The molecule has 2 nitrogen and oxygen atoms in total. The fourth-order valence-electron chi connectivity index (χ4n) is 3.53. The Morgan fingerprint density at radius 3 is 2.47 bits per heavy atom. The van der Waals surface area contributed by atoms with Crippen LogP contribution in [0.2, 0.25) is 0 Å². The van der Waals surface area contributed by atoms with Gasteiger partial charge in [0.05, 0.1) is 0 Å². The van der Waals surface area contributed by atoms with Crippen LogP contribution in [0.1, 0.15) is 79.5 Å². The van der Waals surface area contributed by atoms with E-state index in [-0.39, 0.29) is 18.0 Å². The number of Topliss-reactive ketones (excluding diaryl/α,β-unsaturated/α-hetero) is 2. The van der Waals surface area contributed by atoms with Crippen LogP contribution in [0, 0.1) is 0 Å². The predicted octanol–water partition coefficient (Wildman–Crippen LogP) is 7.70. The number of fused-ring (bicyclic) bond motifs is 1. The van der Waals surface area contributed by atoms with Gasteiger partial charge in [0.15, 0.2) is 11.6 Å². The third kappa shape index (κ3) is 7.31. The van der Waals surface area contributed by atoms with Crippen molar-refractivity contribution in [3.8, 4) is 0 Å². The van der Waals surface area contributed by atoms with Crippen LogP contribution >= 0.6 is 23.5 Å². The minimum Gasteiger partial charge on any atom is -0.294 e. The minimum atomic E-state index is -0.0140. The lowest BCUT2D eigenvalue weighted by Crippen LogP contribution is -2.20. The van der Waals surface area contributed by atoms with Crippen LogP contribution < -0.4 is 0 Å². The van der Waals surface area contributed by atoms with E-state index in [2.05, 4.69) is 32.2 Å². The van der Waals surface area contributed by atoms with Crippen molar-refractivity contribution in [3.63, 3.8) is 0 Å². The first-order valence-electron chi connectivity index (χ1n) is 11.1. The first-order chi connectivity index (χ1) is 14.6. The number of rotatable bonds is 13. The largest absolute Gasteiger partial charge is 0.294 e. The zero-order valence-corrected chi connectivity index (χ0v) is 20.0. The van der Waals surface area contributed by atoms with E-state index in [0.717, 1.165) is 22.3 Å². The second kappa shape index (κ2) is 13.7. The van der Waals surface area contributed by atoms with Crippen molar-refractivity contribution >= 4 is 35.1 Å². The Hall–Kier alpha value is -1.52. The van der Waals surface area contributed by atoms with Gasteiger partial charge in [-0.1, -0.05) is 69.7 Å². The van der Waals surface area contributed by atoms with Crippen LogP contribution in [0.3, 0.4) is 0 Å². The Morgan fingerprint density at radius 2 is 1.77 bits per heavy atom. The number of carbonyl (C=O) groups is 2. The van der Waals surface area contributed by atoms with Crippen LogP contribution in [-0.4, -0.2) is 28.3 Å². The van der Waals surface area contributed by atoms with E-state index in [4.69, 9.17) is 0 Å². The Kier molecular flexibility index (Phi) is 11.3. The van der Waals surface area contributed by atoms with Gasteiger partial charge in [0.25, 0.3) is 0 Å². The number of carbonyl (C=O) groups excluding carboxylic acids is 2. The third-order valence-electron chi connectivity index (χ3n) is 5.30. The second-order valence-corrected chi connectivity index (χ2v) is 10.0. The molecule has 1 aliphatic carbocycles. The van der Waals surface area contributed by atoms with Crippen molar-refractivity contribution in [1.29, 1.82) is 0 Å². The van der Waals surface area contributed by atoms with Gasteiger partial charge in [0.1, 0.15) is 0 Å². The lowest BCUT2D eigenvalue weighted by molar-refractivity contribution is 0.0933. The quantitative estimate of drug-likeness (QED) is 0.136. The highest BCUT2D eigenvalue weighted by Crippen LogP contribution is 2.33. The summed E-state index contributed by atoms with van der Waals surface area (Å²) in [6, 6.07) is 5.66. The summed E-state index contributed by atoms with van der Waals surface area (Å²) in [6.07, 6.45) is 14.6. The van der Waals surface area contributed by atoms with E-state index < -0.39 is 0 Å². The molecule has 1 aliphatic rings. The molecular formula is C26H34O2S2. The Balaban J connectivity index is 1.87. The Labute approximate surface area is 190 Å². The summed E-state index contributed by atoms with van der Waals surface area (Å²) in [7, 11) is 0.